The fourth-order valence-corrected chi connectivity index (χ4v) is 0.440. The topological polar surface area (TPSA) is 71.0 Å². The standard InChI is InChI=1S/C4H7N3O/c5-4(3-8)6-1-2-7-4/h1-2,8H,3,5H2. The number of nitrogens with zero attached hydrogens (tertiary/aromatic N) is 2. The van der Waals surface area contributed by atoms with Crippen LogP contribution in [0.3, 0.4) is 0 Å². The Morgan fingerprint density at radius 3 is 2.25 bits per heavy atom. The first-order valence-corrected chi connectivity index (χ1v) is 2.26. The van der Waals surface area contributed by atoms with Crippen molar-refractivity contribution in [3.8, 4) is 0 Å². The predicted octanol–water partition coefficient (Wildman–Crippen LogP) is -1.25. The zero-order valence-electron chi connectivity index (χ0n) is 4.28. The number of hydrogen-bond acceptors (Lipinski definition) is 4. The van der Waals surface area contributed by atoms with Gasteiger partial charge < -0.3 is 5.11 Å². The molecule has 0 aromatic heterocycles. The van der Waals surface area contributed by atoms with Gasteiger partial charge in [0, 0.05) is 12.4 Å². The maximum Gasteiger partial charge on any atom is 0.225 e. The molecule has 0 bridgehead atoms. The number of hydrogen-bond donors (Lipinski definition) is 2. The van der Waals surface area contributed by atoms with E-state index in [2.05, 4.69) is 9.98 Å². The van der Waals surface area contributed by atoms with Gasteiger partial charge in [0.1, 0.15) is 6.61 Å². The van der Waals surface area contributed by atoms with Crippen molar-refractivity contribution in [3.05, 3.63) is 0 Å². The maximum atomic E-state index is 8.47. The van der Waals surface area contributed by atoms with Gasteiger partial charge in [-0.25, -0.2) is 9.98 Å². The van der Waals surface area contributed by atoms with Gasteiger partial charge in [-0.15, -0.1) is 0 Å². The average Bonchev–Trinajstić information content (AvgIpc) is 2.17. The number of nitrogens with two attached hydrogens (primary N) is 1. The van der Waals surface area contributed by atoms with Crippen LogP contribution in [0, 0.1) is 0 Å². The number of rotatable bonds is 1. The van der Waals surface area contributed by atoms with E-state index >= 15 is 0 Å². The molecule has 4 heteroatoms. The first-order chi connectivity index (χ1) is 3.77. The molecule has 1 aliphatic heterocycles. The Morgan fingerprint density at radius 1 is 1.50 bits per heavy atom. The fourth-order valence-electron chi connectivity index (χ4n) is 0.440. The molecule has 0 unspecified atom stereocenters. The summed E-state index contributed by atoms with van der Waals surface area (Å²) >= 11 is 0. The Bertz CT molecular complexity index is 128. The number of aliphatic imine (C=N–C) groups is 2. The van der Waals surface area contributed by atoms with Gasteiger partial charge in [0.15, 0.2) is 0 Å². The van der Waals surface area contributed by atoms with E-state index in [9.17, 15) is 0 Å². The summed E-state index contributed by atoms with van der Waals surface area (Å²) < 4.78 is 0. The van der Waals surface area contributed by atoms with E-state index < -0.39 is 5.79 Å². The van der Waals surface area contributed by atoms with E-state index in [0.717, 1.165) is 0 Å². The molecular weight excluding hydrogens is 106 g/mol. The summed E-state index contributed by atoms with van der Waals surface area (Å²) in [4.78, 5) is 7.33. The third kappa shape index (κ3) is 0.753. The van der Waals surface area contributed by atoms with Gasteiger partial charge >= 0.3 is 0 Å². The van der Waals surface area contributed by atoms with Crippen LogP contribution in [0.1, 0.15) is 0 Å². The summed E-state index contributed by atoms with van der Waals surface area (Å²) in [6.45, 7) is -0.236. The molecule has 1 aliphatic rings. The molecule has 0 amide bonds. The lowest BCUT2D eigenvalue weighted by Crippen LogP contribution is -2.37. The lowest BCUT2D eigenvalue weighted by atomic mass is 10.4. The molecule has 0 atom stereocenters. The molecule has 0 aromatic rings. The van der Waals surface area contributed by atoms with Gasteiger partial charge in [-0.3, -0.25) is 5.73 Å². The van der Waals surface area contributed by atoms with Gasteiger partial charge in [0.25, 0.3) is 0 Å². The van der Waals surface area contributed by atoms with Gasteiger partial charge in [-0.2, -0.15) is 0 Å². The Morgan fingerprint density at radius 2 is 2.00 bits per heavy atom. The minimum Gasteiger partial charge on any atom is -0.390 e. The Hall–Kier alpha value is -0.740. The van der Waals surface area contributed by atoms with E-state index in [-0.39, 0.29) is 6.61 Å². The molecule has 0 spiro atoms. The first kappa shape index (κ1) is 5.40. The van der Waals surface area contributed by atoms with Crippen molar-refractivity contribution in [2.24, 2.45) is 15.7 Å². The highest BCUT2D eigenvalue weighted by molar-refractivity contribution is 6.17. The second-order valence-electron chi connectivity index (χ2n) is 1.59. The summed E-state index contributed by atoms with van der Waals surface area (Å²) in [6.07, 6.45) is 2.94. The lowest BCUT2D eigenvalue weighted by Gasteiger charge is -2.11. The molecule has 4 nitrogen and oxygen atoms in total. The van der Waals surface area contributed by atoms with E-state index in [1.54, 1.807) is 0 Å². The van der Waals surface area contributed by atoms with Gasteiger partial charge in [0.2, 0.25) is 5.79 Å². The van der Waals surface area contributed by atoms with Crippen LogP contribution in [0.4, 0.5) is 0 Å². The van der Waals surface area contributed by atoms with E-state index in [4.69, 9.17) is 10.8 Å². The second-order valence-corrected chi connectivity index (χ2v) is 1.59. The van der Waals surface area contributed by atoms with Crippen molar-refractivity contribution in [3.63, 3.8) is 0 Å². The molecule has 1 heterocycles. The molecule has 0 saturated heterocycles. The minimum atomic E-state index is -1.07. The average molecular weight is 113 g/mol. The molecule has 0 aromatic carbocycles. The van der Waals surface area contributed by atoms with E-state index in [0.29, 0.717) is 0 Å². The quantitative estimate of drug-likeness (QED) is 0.446. The molecule has 8 heavy (non-hydrogen) atoms. The Kier molecular flexibility index (Phi) is 1.11. The van der Waals surface area contributed by atoms with Crippen LogP contribution in [0.25, 0.3) is 0 Å². The predicted molar refractivity (Wildman–Crippen MR) is 31.0 cm³/mol. The van der Waals surface area contributed by atoms with E-state index in [1.807, 2.05) is 0 Å². The third-order valence-electron chi connectivity index (χ3n) is 0.896. The smallest absolute Gasteiger partial charge is 0.225 e. The van der Waals surface area contributed by atoms with Gasteiger partial charge in [-0.05, 0) is 0 Å². The first-order valence-electron chi connectivity index (χ1n) is 2.26. The molecule has 1 rings (SSSR count). The van der Waals surface area contributed by atoms with E-state index in [1.165, 1.54) is 12.4 Å². The SMILES string of the molecule is NC1(CO)N=CC=N1. The molecule has 0 aliphatic carbocycles. The fraction of sp³-hybridized carbons (Fsp3) is 0.500. The molecular formula is C4H7N3O. The Balaban J connectivity index is 2.69. The van der Waals surface area contributed by atoms with Crippen LogP contribution in [0.2, 0.25) is 0 Å². The molecule has 3 N–H and O–H groups in total. The largest absolute Gasteiger partial charge is 0.390 e. The number of aliphatic hydroxyl groups excluding tert-OH is 1. The van der Waals surface area contributed by atoms with Gasteiger partial charge in [-0.1, -0.05) is 0 Å². The van der Waals surface area contributed by atoms with Crippen LogP contribution in [0.15, 0.2) is 9.98 Å². The second kappa shape index (κ2) is 1.65. The maximum absolute atomic E-state index is 8.47. The lowest BCUT2D eigenvalue weighted by molar-refractivity contribution is 0.211. The molecule has 0 saturated carbocycles. The van der Waals surface area contributed by atoms with Gasteiger partial charge in [0.05, 0.1) is 0 Å². The highest BCUT2D eigenvalue weighted by atomic mass is 16.3. The zero-order valence-corrected chi connectivity index (χ0v) is 4.28. The van der Waals surface area contributed by atoms with Crippen LogP contribution < -0.4 is 5.73 Å². The summed E-state index contributed by atoms with van der Waals surface area (Å²) in [7, 11) is 0. The van der Waals surface area contributed by atoms with Crippen molar-refractivity contribution in [2.75, 3.05) is 6.61 Å². The van der Waals surface area contributed by atoms with Crippen LogP contribution in [-0.4, -0.2) is 29.9 Å². The van der Waals surface area contributed by atoms with Crippen molar-refractivity contribution < 1.29 is 5.11 Å². The molecule has 0 fully saturated rings. The van der Waals surface area contributed by atoms with Crippen molar-refractivity contribution in [2.45, 2.75) is 5.79 Å². The van der Waals surface area contributed by atoms with Crippen molar-refractivity contribution in [1.29, 1.82) is 0 Å². The normalized spacial score (nSPS) is 22.2. The molecule has 44 valence electrons. The minimum absolute atomic E-state index is 0.236. The Labute approximate surface area is 46.8 Å². The van der Waals surface area contributed by atoms with Crippen LogP contribution in [-0.2, 0) is 0 Å². The zero-order chi connectivity index (χ0) is 6.04. The summed E-state index contributed by atoms with van der Waals surface area (Å²) in [6, 6.07) is 0. The molecule has 0 radical (unpaired) electrons. The van der Waals surface area contributed by atoms with Crippen LogP contribution in [0.5, 0.6) is 0 Å². The number of aliphatic hydroxyl groups is 1. The monoisotopic (exact) mass is 113 g/mol. The summed E-state index contributed by atoms with van der Waals surface area (Å²) in [5.41, 5.74) is 5.31. The highest BCUT2D eigenvalue weighted by Crippen LogP contribution is 2.04. The van der Waals surface area contributed by atoms with Crippen molar-refractivity contribution in [1.82, 2.24) is 0 Å². The van der Waals surface area contributed by atoms with Crippen LogP contribution >= 0.6 is 0 Å². The van der Waals surface area contributed by atoms with Crippen molar-refractivity contribution >= 4 is 12.4 Å². The third-order valence-corrected chi connectivity index (χ3v) is 0.896. The summed E-state index contributed by atoms with van der Waals surface area (Å²) in [5, 5.41) is 8.47. The highest BCUT2D eigenvalue weighted by Gasteiger charge is 2.21. The summed E-state index contributed by atoms with van der Waals surface area (Å²) in [5.74, 6) is -1.07.